The normalized spacial score (nSPS) is 26.9. The second-order valence-corrected chi connectivity index (χ2v) is 5.68. The summed E-state index contributed by atoms with van der Waals surface area (Å²) < 4.78 is 6.99. The Balaban J connectivity index is 1.68. The SMILES string of the molecule is Cn1ccnc(N2CCC[C@H](N[C@H]3CCOC3)C2)c1=O. The number of piperidine rings is 1. The van der Waals surface area contributed by atoms with Crippen LogP contribution >= 0.6 is 0 Å². The van der Waals surface area contributed by atoms with E-state index in [1.165, 1.54) is 0 Å². The number of rotatable bonds is 3. The zero-order chi connectivity index (χ0) is 13.9. The molecule has 1 N–H and O–H groups in total. The van der Waals surface area contributed by atoms with Crippen molar-refractivity contribution in [2.45, 2.75) is 31.3 Å². The molecule has 1 aromatic rings. The van der Waals surface area contributed by atoms with E-state index >= 15 is 0 Å². The molecule has 6 nitrogen and oxygen atoms in total. The molecule has 2 atom stereocenters. The second-order valence-electron chi connectivity index (χ2n) is 5.68. The van der Waals surface area contributed by atoms with Gasteiger partial charge in [0.05, 0.1) is 6.61 Å². The van der Waals surface area contributed by atoms with E-state index in [4.69, 9.17) is 4.74 Å². The van der Waals surface area contributed by atoms with Gasteiger partial charge in [-0.2, -0.15) is 0 Å². The number of nitrogens with one attached hydrogen (secondary N) is 1. The first-order valence-corrected chi connectivity index (χ1v) is 7.34. The predicted molar refractivity (Wildman–Crippen MR) is 77.1 cm³/mol. The fourth-order valence-electron chi connectivity index (χ4n) is 3.01. The Hall–Kier alpha value is -1.40. The summed E-state index contributed by atoms with van der Waals surface area (Å²) in [5, 5.41) is 3.65. The van der Waals surface area contributed by atoms with Gasteiger partial charge >= 0.3 is 0 Å². The second kappa shape index (κ2) is 5.93. The minimum absolute atomic E-state index is 0.0163. The van der Waals surface area contributed by atoms with Crippen LogP contribution < -0.4 is 15.8 Å². The monoisotopic (exact) mass is 278 g/mol. The summed E-state index contributed by atoms with van der Waals surface area (Å²) in [4.78, 5) is 18.5. The Labute approximate surface area is 118 Å². The van der Waals surface area contributed by atoms with Gasteiger partial charge in [-0.05, 0) is 19.3 Å². The van der Waals surface area contributed by atoms with Gasteiger partial charge in [-0.25, -0.2) is 4.98 Å². The van der Waals surface area contributed by atoms with Crippen molar-refractivity contribution in [1.82, 2.24) is 14.9 Å². The van der Waals surface area contributed by atoms with Crippen molar-refractivity contribution in [2.24, 2.45) is 7.05 Å². The molecule has 3 heterocycles. The highest BCUT2D eigenvalue weighted by Crippen LogP contribution is 2.16. The van der Waals surface area contributed by atoms with E-state index in [0.717, 1.165) is 45.6 Å². The van der Waals surface area contributed by atoms with Crippen LogP contribution in [0.4, 0.5) is 5.82 Å². The van der Waals surface area contributed by atoms with Gasteiger partial charge in [0.2, 0.25) is 0 Å². The number of hydrogen-bond donors (Lipinski definition) is 1. The molecule has 2 aliphatic rings. The van der Waals surface area contributed by atoms with Crippen LogP contribution in [0.1, 0.15) is 19.3 Å². The first kappa shape index (κ1) is 13.6. The van der Waals surface area contributed by atoms with Crippen molar-refractivity contribution in [3.63, 3.8) is 0 Å². The number of hydrogen-bond acceptors (Lipinski definition) is 5. The summed E-state index contributed by atoms with van der Waals surface area (Å²) in [7, 11) is 1.77. The molecule has 0 aliphatic carbocycles. The summed E-state index contributed by atoms with van der Waals surface area (Å²) in [5.74, 6) is 0.573. The Morgan fingerprint density at radius 3 is 3.10 bits per heavy atom. The number of aromatic nitrogens is 2. The van der Waals surface area contributed by atoms with Gasteiger partial charge in [-0.3, -0.25) is 4.79 Å². The van der Waals surface area contributed by atoms with Crippen LogP contribution in [0.5, 0.6) is 0 Å². The molecule has 20 heavy (non-hydrogen) atoms. The van der Waals surface area contributed by atoms with Crippen LogP contribution in [0.3, 0.4) is 0 Å². The van der Waals surface area contributed by atoms with Gasteiger partial charge in [-0.1, -0.05) is 0 Å². The van der Waals surface area contributed by atoms with Crippen LogP contribution in [0.2, 0.25) is 0 Å². The molecule has 0 aromatic carbocycles. The third-order valence-electron chi connectivity index (χ3n) is 4.12. The molecule has 110 valence electrons. The highest BCUT2D eigenvalue weighted by Gasteiger charge is 2.26. The van der Waals surface area contributed by atoms with E-state index in [-0.39, 0.29) is 5.56 Å². The van der Waals surface area contributed by atoms with Crippen molar-refractivity contribution in [3.8, 4) is 0 Å². The number of nitrogens with zero attached hydrogens (tertiary/aromatic N) is 3. The van der Waals surface area contributed by atoms with Crippen molar-refractivity contribution in [2.75, 3.05) is 31.2 Å². The average molecular weight is 278 g/mol. The van der Waals surface area contributed by atoms with Gasteiger partial charge in [0.15, 0.2) is 5.82 Å². The van der Waals surface area contributed by atoms with Gasteiger partial charge in [0.1, 0.15) is 0 Å². The third kappa shape index (κ3) is 2.86. The van der Waals surface area contributed by atoms with Crippen LogP contribution in [-0.2, 0) is 11.8 Å². The molecular weight excluding hydrogens is 256 g/mol. The molecule has 0 amide bonds. The van der Waals surface area contributed by atoms with E-state index in [0.29, 0.717) is 17.9 Å². The maximum Gasteiger partial charge on any atom is 0.293 e. The summed E-state index contributed by atoms with van der Waals surface area (Å²) in [6.07, 6.45) is 6.72. The summed E-state index contributed by atoms with van der Waals surface area (Å²) in [6, 6.07) is 0.883. The third-order valence-corrected chi connectivity index (χ3v) is 4.12. The first-order chi connectivity index (χ1) is 9.74. The van der Waals surface area contributed by atoms with Crippen molar-refractivity contribution >= 4 is 5.82 Å². The summed E-state index contributed by atoms with van der Waals surface area (Å²) >= 11 is 0. The van der Waals surface area contributed by atoms with Gasteiger partial charge < -0.3 is 19.5 Å². The molecule has 0 saturated carbocycles. The molecule has 0 radical (unpaired) electrons. The van der Waals surface area contributed by atoms with E-state index in [9.17, 15) is 4.79 Å². The lowest BCUT2D eigenvalue weighted by molar-refractivity contribution is 0.187. The number of aryl methyl sites for hydroxylation is 1. The minimum atomic E-state index is -0.0163. The van der Waals surface area contributed by atoms with E-state index < -0.39 is 0 Å². The molecule has 0 spiro atoms. The van der Waals surface area contributed by atoms with E-state index in [1.54, 1.807) is 24.0 Å². The van der Waals surface area contributed by atoms with E-state index in [2.05, 4.69) is 15.2 Å². The zero-order valence-corrected chi connectivity index (χ0v) is 11.9. The first-order valence-electron chi connectivity index (χ1n) is 7.34. The lowest BCUT2D eigenvalue weighted by Crippen LogP contribution is -2.50. The minimum Gasteiger partial charge on any atom is -0.380 e. The lowest BCUT2D eigenvalue weighted by atomic mass is 10.0. The predicted octanol–water partition coefficient (Wildman–Crippen LogP) is 0.128. The van der Waals surface area contributed by atoms with E-state index in [1.807, 2.05) is 0 Å². The highest BCUT2D eigenvalue weighted by molar-refractivity contribution is 5.36. The van der Waals surface area contributed by atoms with Crippen LogP contribution in [-0.4, -0.2) is 47.9 Å². The van der Waals surface area contributed by atoms with Gasteiger partial charge in [0, 0.05) is 51.2 Å². The average Bonchev–Trinajstić information content (AvgIpc) is 2.95. The van der Waals surface area contributed by atoms with Crippen LogP contribution in [0.15, 0.2) is 17.2 Å². The smallest absolute Gasteiger partial charge is 0.293 e. The molecule has 2 aliphatic heterocycles. The van der Waals surface area contributed by atoms with Crippen LogP contribution in [0, 0.1) is 0 Å². The Bertz CT molecular complexity index is 510. The fourth-order valence-corrected chi connectivity index (χ4v) is 3.01. The highest BCUT2D eigenvalue weighted by atomic mass is 16.5. The van der Waals surface area contributed by atoms with Crippen molar-refractivity contribution in [1.29, 1.82) is 0 Å². The van der Waals surface area contributed by atoms with Crippen LogP contribution in [0.25, 0.3) is 0 Å². The Morgan fingerprint density at radius 1 is 1.40 bits per heavy atom. The molecule has 1 aromatic heterocycles. The van der Waals surface area contributed by atoms with Crippen molar-refractivity contribution in [3.05, 3.63) is 22.7 Å². The quantitative estimate of drug-likeness (QED) is 0.851. The maximum absolute atomic E-state index is 12.1. The fraction of sp³-hybridized carbons (Fsp3) is 0.714. The molecule has 6 heteroatoms. The Kier molecular flexibility index (Phi) is 4.03. The number of ether oxygens (including phenoxy) is 1. The summed E-state index contributed by atoms with van der Waals surface area (Å²) in [5.41, 5.74) is -0.0163. The number of anilines is 1. The molecule has 0 bridgehead atoms. The summed E-state index contributed by atoms with van der Waals surface area (Å²) in [6.45, 7) is 3.42. The molecule has 3 rings (SSSR count). The largest absolute Gasteiger partial charge is 0.380 e. The van der Waals surface area contributed by atoms with Gasteiger partial charge in [-0.15, -0.1) is 0 Å². The molecule has 2 fully saturated rings. The Morgan fingerprint density at radius 2 is 2.30 bits per heavy atom. The molecular formula is C14H22N4O2. The lowest BCUT2D eigenvalue weighted by Gasteiger charge is -2.34. The maximum atomic E-state index is 12.1. The standard InChI is InChI=1S/C14H22N4O2/c1-17-7-5-15-13(14(17)19)18-6-2-3-11(9-18)16-12-4-8-20-10-12/h5,7,11-12,16H,2-4,6,8-10H2,1H3/t11-,12-/m0/s1. The van der Waals surface area contributed by atoms with Gasteiger partial charge in [0.25, 0.3) is 5.56 Å². The van der Waals surface area contributed by atoms with Crippen molar-refractivity contribution < 1.29 is 4.74 Å². The zero-order valence-electron chi connectivity index (χ0n) is 11.9. The topological polar surface area (TPSA) is 59.4 Å². The molecule has 0 unspecified atom stereocenters. The molecule has 2 saturated heterocycles.